The summed E-state index contributed by atoms with van der Waals surface area (Å²) in [5, 5.41) is 0.107. The number of esters is 1. The number of methoxy groups -OCH3 is 2. The van der Waals surface area contributed by atoms with E-state index in [0.29, 0.717) is 18.8 Å². The van der Waals surface area contributed by atoms with Gasteiger partial charge < -0.3 is 14.4 Å². The molecular weight excluding hydrogens is 456 g/mol. The number of halogens is 1. The van der Waals surface area contributed by atoms with E-state index in [1.807, 2.05) is 0 Å². The van der Waals surface area contributed by atoms with E-state index in [1.165, 1.54) is 50.6 Å². The van der Waals surface area contributed by atoms with E-state index in [1.54, 1.807) is 4.90 Å². The van der Waals surface area contributed by atoms with Gasteiger partial charge in [-0.2, -0.15) is 0 Å². The largest absolute Gasteiger partial charge is 0.496 e. The van der Waals surface area contributed by atoms with Gasteiger partial charge >= 0.3 is 5.97 Å². The van der Waals surface area contributed by atoms with Gasteiger partial charge in [-0.15, -0.1) is 0 Å². The molecule has 1 aliphatic rings. The SMILES string of the molecule is COC(=O)c1ccc(Cl)c(NS(=O)(=O)c2ccc(OC)c(C(=O)N3CCCCCC3)c2)c1. The number of rotatable bonds is 6. The number of carbonyl (C=O) groups excluding carboxylic acids is 2. The Balaban J connectivity index is 1.94. The summed E-state index contributed by atoms with van der Waals surface area (Å²) in [6.45, 7) is 1.24. The Morgan fingerprint density at radius 2 is 1.69 bits per heavy atom. The fourth-order valence-electron chi connectivity index (χ4n) is 3.52. The summed E-state index contributed by atoms with van der Waals surface area (Å²) in [6.07, 6.45) is 3.93. The minimum absolute atomic E-state index is 0.0192. The summed E-state index contributed by atoms with van der Waals surface area (Å²) in [5.74, 6) is -0.604. The molecule has 1 heterocycles. The zero-order chi connectivity index (χ0) is 23.3. The van der Waals surface area contributed by atoms with Crippen molar-refractivity contribution in [2.75, 3.05) is 32.0 Å². The van der Waals surface area contributed by atoms with Crippen molar-refractivity contribution < 1.29 is 27.5 Å². The summed E-state index contributed by atoms with van der Waals surface area (Å²) >= 11 is 6.12. The first-order valence-corrected chi connectivity index (χ1v) is 12.0. The highest BCUT2D eigenvalue weighted by atomic mass is 35.5. The van der Waals surface area contributed by atoms with Gasteiger partial charge in [-0.3, -0.25) is 9.52 Å². The Hall–Kier alpha value is -2.78. The summed E-state index contributed by atoms with van der Waals surface area (Å²) in [5.41, 5.74) is 0.332. The topological polar surface area (TPSA) is 102 Å². The molecule has 1 amide bonds. The van der Waals surface area contributed by atoms with Crippen LogP contribution in [0.5, 0.6) is 5.75 Å². The van der Waals surface area contributed by atoms with Gasteiger partial charge in [0.05, 0.1) is 41.0 Å². The molecule has 32 heavy (non-hydrogen) atoms. The van der Waals surface area contributed by atoms with Crippen LogP contribution in [0.3, 0.4) is 0 Å². The molecule has 0 atom stereocenters. The van der Waals surface area contributed by atoms with Crippen molar-refractivity contribution in [3.63, 3.8) is 0 Å². The zero-order valence-corrected chi connectivity index (χ0v) is 19.5. The van der Waals surface area contributed by atoms with Crippen molar-refractivity contribution in [3.05, 3.63) is 52.5 Å². The first kappa shape index (κ1) is 23.9. The number of nitrogens with one attached hydrogen (secondary N) is 1. The van der Waals surface area contributed by atoms with Crippen LogP contribution in [0.4, 0.5) is 5.69 Å². The number of hydrogen-bond donors (Lipinski definition) is 1. The lowest BCUT2D eigenvalue weighted by Crippen LogP contribution is -2.32. The summed E-state index contributed by atoms with van der Waals surface area (Å²) < 4.78 is 38.5. The molecule has 1 saturated heterocycles. The maximum Gasteiger partial charge on any atom is 0.337 e. The molecule has 172 valence electrons. The highest BCUT2D eigenvalue weighted by Gasteiger charge is 2.25. The van der Waals surface area contributed by atoms with Crippen LogP contribution in [-0.2, 0) is 14.8 Å². The predicted molar refractivity (Wildman–Crippen MR) is 121 cm³/mol. The molecule has 1 fully saturated rings. The molecule has 0 aliphatic carbocycles. The normalized spacial score (nSPS) is 14.4. The number of carbonyl (C=O) groups is 2. The highest BCUT2D eigenvalue weighted by Crippen LogP contribution is 2.29. The van der Waals surface area contributed by atoms with Crippen LogP contribution in [-0.4, -0.2) is 52.5 Å². The fraction of sp³-hybridized carbons (Fsp3) is 0.364. The van der Waals surface area contributed by atoms with E-state index < -0.39 is 16.0 Å². The quantitative estimate of drug-likeness (QED) is 0.628. The van der Waals surface area contributed by atoms with Crippen molar-refractivity contribution in [3.8, 4) is 5.75 Å². The van der Waals surface area contributed by atoms with Crippen LogP contribution < -0.4 is 9.46 Å². The minimum Gasteiger partial charge on any atom is -0.496 e. The van der Waals surface area contributed by atoms with Crippen molar-refractivity contribution in [2.45, 2.75) is 30.6 Å². The van der Waals surface area contributed by atoms with E-state index in [9.17, 15) is 18.0 Å². The molecule has 2 aromatic carbocycles. The first-order chi connectivity index (χ1) is 15.3. The van der Waals surface area contributed by atoms with Crippen LogP contribution in [0.25, 0.3) is 0 Å². The molecular formula is C22H25ClN2O6S. The molecule has 0 aromatic heterocycles. The van der Waals surface area contributed by atoms with E-state index in [2.05, 4.69) is 9.46 Å². The van der Waals surface area contributed by atoms with Gasteiger partial charge in [-0.25, -0.2) is 13.2 Å². The molecule has 0 radical (unpaired) electrons. The second-order valence-electron chi connectivity index (χ2n) is 7.36. The van der Waals surface area contributed by atoms with Crippen LogP contribution in [0.15, 0.2) is 41.3 Å². The number of sulfonamides is 1. The van der Waals surface area contributed by atoms with Crippen LogP contribution >= 0.6 is 11.6 Å². The molecule has 0 saturated carbocycles. The second kappa shape index (κ2) is 10.2. The fourth-order valence-corrected chi connectivity index (χ4v) is 4.83. The molecule has 0 unspecified atom stereocenters. The van der Waals surface area contributed by atoms with Crippen molar-refractivity contribution in [2.24, 2.45) is 0 Å². The maximum absolute atomic E-state index is 13.1. The van der Waals surface area contributed by atoms with Gasteiger partial charge in [0.15, 0.2) is 0 Å². The molecule has 2 aromatic rings. The molecule has 3 rings (SSSR count). The second-order valence-corrected chi connectivity index (χ2v) is 9.45. The number of benzene rings is 2. The van der Waals surface area contributed by atoms with Gasteiger partial charge in [0, 0.05) is 13.1 Å². The number of nitrogens with zero attached hydrogens (tertiary/aromatic N) is 1. The number of amides is 1. The van der Waals surface area contributed by atoms with Crippen LogP contribution in [0, 0.1) is 0 Å². The molecule has 1 N–H and O–H groups in total. The highest BCUT2D eigenvalue weighted by molar-refractivity contribution is 7.92. The van der Waals surface area contributed by atoms with E-state index >= 15 is 0 Å². The van der Waals surface area contributed by atoms with Gasteiger partial charge in [-0.05, 0) is 49.2 Å². The number of likely N-dealkylation sites (tertiary alicyclic amines) is 1. The Bertz CT molecular complexity index is 1110. The van der Waals surface area contributed by atoms with Crippen molar-refractivity contribution >= 4 is 39.2 Å². The summed E-state index contributed by atoms with van der Waals surface area (Å²) in [6, 6.07) is 8.21. The summed E-state index contributed by atoms with van der Waals surface area (Å²) in [7, 11) is -1.46. The maximum atomic E-state index is 13.1. The number of ether oxygens (including phenoxy) is 2. The lowest BCUT2D eigenvalue weighted by molar-refractivity contribution is 0.0600. The number of anilines is 1. The Morgan fingerprint density at radius 1 is 1.00 bits per heavy atom. The third-order valence-electron chi connectivity index (χ3n) is 5.24. The summed E-state index contributed by atoms with van der Waals surface area (Å²) in [4.78, 5) is 26.5. The van der Waals surface area contributed by atoms with Gasteiger partial charge in [0.2, 0.25) is 0 Å². The monoisotopic (exact) mass is 480 g/mol. The van der Waals surface area contributed by atoms with E-state index in [0.717, 1.165) is 25.7 Å². The molecule has 1 aliphatic heterocycles. The average molecular weight is 481 g/mol. The third-order valence-corrected chi connectivity index (χ3v) is 6.93. The Kier molecular flexibility index (Phi) is 7.63. The van der Waals surface area contributed by atoms with E-state index in [4.69, 9.17) is 16.3 Å². The van der Waals surface area contributed by atoms with E-state index in [-0.39, 0.29) is 32.6 Å². The van der Waals surface area contributed by atoms with Gasteiger partial charge in [-0.1, -0.05) is 24.4 Å². The smallest absolute Gasteiger partial charge is 0.337 e. The predicted octanol–water partition coefficient (Wildman–Crippen LogP) is 3.95. The third kappa shape index (κ3) is 5.34. The van der Waals surface area contributed by atoms with Gasteiger partial charge in [0.1, 0.15) is 5.75 Å². The Labute approximate surface area is 192 Å². The Morgan fingerprint density at radius 3 is 2.31 bits per heavy atom. The van der Waals surface area contributed by atoms with Gasteiger partial charge in [0.25, 0.3) is 15.9 Å². The van der Waals surface area contributed by atoms with Crippen LogP contribution in [0.2, 0.25) is 5.02 Å². The average Bonchev–Trinajstić information content (AvgIpc) is 3.08. The minimum atomic E-state index is -4.12. The lowest BCUT2D eigenvalue weighted by atomic mass is 10.1. The van der Waals surface area contributed by atoms with Crippen molar-refractivity contribution in [1.82, 2.24) is 4.90 Å². The standard InChI is InChI=1S/C22H25ClN2O6S/c1-30-20-10-8-16(14-17(20)21(26)25-11-5-3-4-6-12-25)32(28,29)24-19-13-15(22(27)31-2)7-9-18(19)23/h7-10,13-14,24H,3-6,11-12H2,1-2H3. The lowest BCUT2D eigenvalue weighted by Gasteiger charge is -2.22. The van der Waals surface area contributed by atoms with Crippen LogP contribution in [0.1, 0.15) is 46.4 Å². The first-order valence-electron chi connectivity index (χ1n) is 10.1. The zero-order valence-electron chi connectivity index (χ0n) is 17.9. The van der Waals surface area contributed by atoms with Crippen molar-refractivity contribution in [1.29, 1.82) is 0 Å². The molecule has 0 spiro atoms. The molecule has 10 heteroatoms. The molecule has 0 bridgehead atoms. The number of hydrogen-bond acceptors (Lipinski definition) is 6. The molecule has 8 nitrogen and oxygen atoms in total.